The van der Waals surface area contributed by atoms with E-state index in [0.29, 0.717) is 0 Å². The number of anilines is 3. The minimum absolute atomic E-state index is 0.451. The predicted octanol–water partition coefficient (Wildman–Crippen LogP) is 17.7. The molecule has 1 atom stereocenters. The zero-order chi connectivity index (χ0) is 45.2. The molecule has 0 saturated heterocycles. The molecule has 3 aromatic heterocycles. The maximum Gasteiger partial charge on any atom is 0.136 e. The second kappa shape index (κ2) is 14.6. The van der Waals surface area contributed by atoms with Crippen molar-refractivity contribution in [3.63, 3.8) is 0 Å². The first-order valence-electron chi connectivity index (χ1n) is 24.0. The lowest BCUT2D eigenvalue weighted by molar-refractivity contribution is 0.669. The van der Waals surface area contributed by atoms with Gasteiger partial charge in [0.25, 0.3) is 0 Å². The normalized spacial score (nSPS) is 15.7. The van der Waals surface area contributed by atoms with E-state index in [1.165, 1.54) is 55.1 Å². The van der Waals surface area contributed by atoms with Crippen LogP contribution >= 0.6 is 0 Å². The summed E-state index contributed by atoms with van der Waals surface area (Å²) in [5.74, 6) is 0. The molecule has 10 aromatic carbocycles. The average Bonchev–Trinajstić information content (AvgIpc) is 4.15. The Balaban J connectivity index is 1.01. The molecule has 0 amide bonds. The van der Waals surface area contributed by atoms with E-state index in [9.17, 15) is 0 Å². The second-order valence-electron chi connectivity index (χ2n) is 18.7. The Morgan fingerprint density at radius 1 is 0.420 bits per heavy atom. The Kier molecular flexibility index (Phi) is 8.08. The molecular formula is C65H42N2O2. The van der Waals surface area contributed by atoms with Crippen LogP contribution in [0.4, 0.5) is 17.1 Å². The van der Waals surface area contributed by atoms with Crippen LogP contribution in [0.1, 0.15) is 35.1 Å². The molecule has 0 radical (unpaired) electrons. The van der Waals surface area contributed by atoms with E-state index in [-0.39, 0.29) is 0 Å². The summed E-state index contributed by atoms with van der Waals surface area (Å²) in [5.41, 5.74) is 17.7. The maximum absolute atomic E-state index is 6.56. The smallest absolute Gasteiger partial charge is 0.136 e. The van der Waals surface area contributed by atoms with E-state index in [0.717, 1.165) is 90.4 Å². The number of hydrogen-bond donors (Lipinski definition) is 0. The Bertz CT molecular complexity index is 4320. The number of rotatable bonds is 6. The fourth-order valence-electron chi connectivity index (χ4n) is 12.2. The van der Waals surface area contributed by atoms with Crippen molar-refractivity contribution in [3.8, 4) is 5.69 Å². The summed E-state index contributed by atoms with van der Waals surface area (Å²) in [6, 6.07) is 79.9. The molecule has 0 spiro atoms. The molecule has 4 nitrogen and oxygen atoms in total. The first kappa shape index (κ1) is 38.3. The molecule has 4 heteroatoms. The molecule has 0 N–H and O–H groups in total. The molecule has 324 valence electrons. The van der Waals surface area contributed by atoms with Crippen LogP contribution in [-0.2, 0) is 5.41 Å². The Hall–Kier alpha value is -8.86. The third kappa shape index (κ3) is 5.51. The molecule has 15 rings (SSSR count). The fraction of sp³-hybridized carbons (Fsp3) is 0.0462. The molecule has 2 aliphatic rings. The molecule has 0 aliphatic heterocycles. The maximum atomic E-state index is 6.56. The van der Waals surface area contributed by atoms with Crippen LogP contribution in [-0.4, -0.2) is 4.57 Å². The Morgan fingerprint density at radius 3 is 1.80 bits per heavy atom. The number of furan rings is 2. The summed E-state index contributed by atoms with van der Waals surface area (Å²) in [6.45, 7) is 0. The van der Waals surface area contributed by atoms with Gasteiger partial charge in [-0.25, -0.2) is 0 Å². The van der Waals surface area contributed by atoms with Gasteiger partial charge in [-0.15, -0.1) is 0 Å². The predicted molar refractivity (Wildman–Crippen MR) is 286 cm³/mol. The topological polar surface area (TPSA) is 34.5 Å². The monoisotopic (exact) mass is 882 g/mol. The summed E-state index contributed by atoms with van der Waals surface area (Å²) in [6.07, 6.45) is 6.75. The van der Waals surface area contributed by atoms with Gasteiger partial charge >= 0.3 is 0 Å². The lowest BCUT2D eigenvalue weighted by Crippen LogP contribution is -2.30. The van der Waals surface area contributed by atoms with E-state index in [2.05, 4.69) is 228 Å². The lowest BCUT2D eigenvalue weighted by atomic mass is 9.65. The highest BCUT2D eigenvalue weighted by molar-refractivity contribution is 6.14. The van der Waals surface area contributed by atoms with Crippen LogP contribution in [0.3, 0.4) is 0 Å². The van der Waals surface area contributed by atoms with Crippen molar-refractivity contribution in [2.24, 2.45) is 0 Å². The number of allylic oxidation sites excluding steroid dienone is 4. The van der Waals surface area contributed by atoms with Gasteiger partial charge in [-0.05, 0) is 154 Å². The molecule has 1 unspecified atom stereocenters. The van der Waals surface area contributed by atoms with Gasteiger partial charge in [-0.1, -0.05) is 133 Å². The molecule has 69 heavy (non-hydrogen) atoms. The highest BCUT2D eigenvalue weighted by atomic mass is 16.3. The van der Waals surface area contributed by atoms with Crippen molar-refractivity contribution in [3.05, 3.63) is 258 Å². The van der Waals surface area contributed by atoms with E-state index in [1.54, 1.807) is 0 Å². The largest absolute Gasteiger partial charge is 0.456 e. The van der Waals surface area contributed by atoms with Crippen molar-refractivity contribution < 1.29 is 8.83 Å². The summed E-state index contributed by atoms with van der Waals surface area (Å²) in [5, 5.41) is 9.10. The highest BCUT2D eigenvalue weighted by Crippen LogP contribution is 2.58. The van der Waals surface area contributed by atoms with Gasteiger partial charge in [0.1, 0.15) is 22.3 Å². The number of para-hydroxylation sites is 2. The summed E-state index contributed by atoms with van der Waals surface area (Å²) >= 11 is 0. The Labute approximate surface area is 397 Å². The van der Waals surface area contributed by atoms with Gasteiger partial charge in [0.2, 0.25) is 0 Å². The standard InChI is InChI=1S/C65H42N2O2/c1-3-17-43(18-4-1)65(57-24-12-9-21-49(57)50-22-10-13-25-58(50)65)44-27-31-59-52(37-44)53-38-46(28-32-60(53)67(59)45-19-5-2-6-20-45)66(47-29-33-62-55(39-47)51-23-11-14-26-61(51)68-62)48-30-34-63-56(40-48)54-35-41-15-7-8-16-42(41)36-64(54)69-63/h1-12,14-24,26-40H,13,25H2. The number of fused-ring (bicyclic) bond motifs is 12. The van der Waals surface area contributed by atoms with E-state index < -0.39 is 5.41 Å². The summed E-state index contributed by atoms with van der Waals surface area (Å²) in [7, 11) is 0. The molecule has 13 aromatic rings. The van der Waals surface area contributed by atoms with Crippen molar-refractivity contribution in [1.82, 2.24) is 4.57 Å². The first-order valence-corrected chi connectivity index (χ1v) is 24.0. The second-order valence-corrected chi connectivity index (χ2v) is 18.7. The minimum atomic E-state index is -0.451. The minimum Gasteiger partial charge on any atom is -0.456 e. The number of hydrogen-bond acceptors (Lipinski definition) is 3. The zero-order valence-electron chi connectivity index (χ0n) is 37.6. The van der Waals surface area contributed by atoms with E-state index >= 15 is 0 Å². The van der Waals surface area contributed by atoms with Crippen LogP contribution in [0.25, 0.3) is 87.7 Å². The van der Waals surface area contributed by atoms with Gasteiger partial charge in [0, 0.05) is 55.1 Å². The molecule has 0 fully saturated rings. The third-order valence-electron chi connectivity index (χ3n) is 15.1. The number of nitrogens with zero attached hydrogens (tertiary/aromatic N) is 2. The van der Waals surface area contributed by atoms with E-state index in [4.69, 9.17) is 8.83 Å². The van der Waals surface area contributed by atoms with Gasteiger partial charge in [-0.3, -0.25) is 0 Å². The van der Waals surface area contributed by atoms with E-state index in [1.807, 2.05) is 12.1 Å². The molecule has 3 heterocycles. The quantitative estimate of drug-likeness (QED) is 0.167. The highest BCUT2D eigenvalue weighted by Gasteiger charge is 2.47. The van der Waals surface area contributed by atoms with Crippen LogP contribution in [0, 0.1) is 0 Å². The van der Waals surface area contributed by atoms with Crippen molar-refractivity contribution in [2.45, 2.75) is 18.3 Å². The SMILES string of the molecule is C1=CC2=C(CC1)C(c1ccccc1)(c1ccc3c(c1)c1cc(N(c4ccc5oc6ccccc6c5c4)c4ccc5oc6cc7ccccc7cc6c5c4)ccc1n3-c1ccccc1)c1ccccc12. The van der Waals surface area contributed by atoms with Gasteiger partial charge in [-0.2, -0.15) is 0 Å². The van der Waals surface area contributed by atoms with Crippen LogP contribution < -0.4 is 4.90 Å². The molecule has 0 bridgehead atoms. The lowest BCUT2D eigenvalue weighted by Gasteiger charge is -2.36. The van der Waals surface area contributed by atoms with Crippen LogP contribution in [0.5, 0.6) is 0 Å². The molecule has 2 aliphatic carbocycles. The van der Waals surface area contributed by atoms with Crippen molar-refractivity contribution in [2.75, 3.05) is 4.90 Å². The average molecular weight is 883 g/mol. The third-order valence-corrected chi connectivity index (χ3v) is 15.1. The number of aromatic nitrogens is 1. The van der Waals surface area contributed by atoms with Crippen molar-refractivity contribution >= 4 is 99.1 Å². The van der Waals surface area contributed by atoms with Crippen molar-refractivity contribution in [1.29, 1.82) is 0 Å². The number of benzene rings is 10. The van der Waals surface area contributed by atoms with Crippen LogP contribution in [0.2, 0.25) is 0 Å². The van der Waals surface area contributed by atoms with Crippen LogP contribution in [0.15, 0.2) is 245 Å². The van der Waals surface area contributed by atoms with Gasteiger partial charge in [0.15, 0.2) is 0 Å². The van der Waals surface area contributed by atoms with Gasteiger partial charge < -0.3 is 18.3 Å². The summed E-state index contributed by atoms with van der Waals surface area (Å²) < 4.78 is 15.4. The first-order chi connectivity index (χ1) is 34.2. The molecular weight excluding hydrogens is 841 g/mol. The molecule has 0 saturated carbocycles. The summed E-state index contributed by atoms with van der Waals surface area (Å²) in [4.78, 5) is 2.40. The van der Waals surface area contributed by atoms with Gasteiger partial charge in [0.05, 0.1) is 16.4 Å². The zero-order valence-corrected chi connectivity index (χ0v) is 37.6. The fourth-order valence-corrected chi connectivity index (χ4v) is 12.2. The Morgan fingerprint density at radius 2 is 1.00 bits per heavy atom.